The average Bonchev–Trinajstić information content (AvgIpc) is 3.08. The molecule has 25 heavy (non-hydrogen) atoms. The highest BCUT2D eigenvalue weighted by molar-refractivity contribution is 6.08. The second-order valence-electron chi connectivity index (χ2n) is 5.56. The van der Waals surface area contributed by atoms with Crippen molar-refractivity contribution in [1.82, 2.24) is 25.1 Å². The number of halogens is 1. The van der Waals surface area contributed by atoms with Crippen LogP contribution in [0.3, 0.4) is 0 Å². The van der Waals surface area contributed by atoms with Gasteiger partial charge in [0.15, 0.2) is 11.5 Å². The number of anilines is 1. The monoisotopic (exact) mass is 342 g/mol. The lowest BCUT2D eigenvalue weighted by atomic mass is 10.0. The maximum Gasteiger partial charge on any atom is 0.272 e. The van der Waals surface area contributed by atoms with Gasteiger partial charge in [0.2, 0.25) is 0 Å². The maximum atomic E-state index is 14.5. The van der Waals surface area contributed by atoms with Gasteiger partial charge in [-0.15, -0.1) is 0 Å². The first-order valence-corrected chi connectivity index (χ1v) is 8.11. The summed E-state index contributed by atoms with van der Waals surface area (Å²) in [6.45, 7) is 4.93. The standard InChI is InChI=1S/C17H19FN6O/c1-3-7-20-17(25)15-14(19)10-5-6-12(18)13(11(10)8-21-15)16-22-9-23-24(16)4-2/h5-6,8-9H,3-4,7,19H2,1-2H3,(H,20,25). The highest BCUT2D eigenvalue weighted by atomic mass is 19.1. The number of aryl methyl sites for hydroxylation is 1. The molecule has 0 radical (unpaired) electrons. The molecule has 0 fully saturated rings. The normalized spacial score (nSPS) is 11.0. The number of nitrogen functional groups attached to an aromatic ring is 1. The summed E-state index contributed by atoms with van der Waals surface area (Å²) >= 11 is 0. The topological polar surface area (TPSA) is 98.7 Å². The first kappa shape index (κ1) is 16.8. The van der Waals surface area contributed by atoms with E-state index in [1.807, 2.05) is 13.8 Å². The van der Waals surface area contributed by atoms with E-state index in [2.05, 4.69) is 20.4 Å². The molecule has 130 valence electrons. The van der Waals surface area contributed by atoms with Gasteiger partial charge in [-0.25, -0.2) is 19.0 Å². The molecule has 0 unspecified atom stereocenters. The zero-order valence-electron chi connectivity index (χ0n) is 14.1. The van der Waals surface area contributed by atoms with Gasteiger partial charge in [-0.2, -0.15) is 5.10 Å². The van der Waals surface area contributed by atoms with Crippen LogP contribution in [0, 0.1) is 5.82 Å². The average molecular weight is 342 g/mol. The highest BCUT2D eigenvalue weighted by Crippen LogP contribution is 2.33. The van der Waals surface area contributed by atoms with Crippen LogP contribution >= 0.6 is 0 Å². The molecule has 1 amide bonds. The molecule has 0 saturated heterocycles. The number of carbonyl (C=O) groups excluding carboxylic acids is 1. The lowest BCUT2D eigenvalue weighted by molar-refractivity contribution is 0.0950. The molecular weight excluding hydrogens is 323 g/mol. The Bertz CT molecular complexity index is 936. The molecule has 2 aromatic heterocycles. The van der Waals surface area contributed by atoms with Crippen molar-refractivity contribution in [3.63, 3.8) is 0 Å². The zero-order chi connectivity index (χ0) is 18.0. The minimum atomic E-state index is -0.445. The van der Waals surface area contributed by atoms with E-state index in [0.29, 0.717) is 29.7 Å². The fourth-order valence-electron chi connectivity index (χ4n) is 2.71. The van der Waals surface area contributed by atoms with Crippen LogP contribution in [-0.4, -0.2) is 32.2 Å². The summed E-state index contributed by atoms with van der Waals surface area (Å²) in [5.41, 5.74) is 6.77. The van der Waals surface area contributed by atoms with Crippen LogP contribution < -0.4 is 11.1 Å². The second kappa shape index (κ2) is 6.84. The molecule has 0 aliphatic rings. The maximum absolute atomic E-state index is 14.5. The van der Waals surface area contributed by atoms with Crippen LogP contribution in [0.4, 0.5) is 10.1 Å². The third-order valence-corrected chi connectivity index (χ3v) is 3.95. The molecule has 2 heterocycles. The molecule has 0 aliphatic heterocycles. The van der Waals surface area contributed by atoms with Crippen molar-refractivity contribution in [3.05, 3.63) is 36.2 Å². The van der Waals surface area contributed by atoms with Crippen LogP contribution in [-0.2, 0) is 6.54 Å². The van der Waals surface area contributed by atoms with Crippen molar-refractivity contribution in [2.45, 2.75) is 26.8 Å². The van der Waals surface area contributed by atoms with Crippen LogP contribution in [0.15, 0.2) is 24.7 Å². The Labute approximate surface area is 144 Å². The van der Waals surface area contributed by atoms with Gasteiger partial charge in [0.1, 0.15) is 12.1 Å². The van der Waals surface area contributed by atoms with E-state index in [9.17, 15) is 9.18 Å². The van der Waals surface area contributed by atoms with Crippen molar-refractivity contribution < 1.29 is 9.18 Å². The number of aromatic nitrogens is 4. The van der Waals surface area contributed by atoms with Gasteiger partial charge < -0.3 is 11.1 Å². The van der Waals surface area contributed by atoms with E-state index in [-0.39, 0.29) is 22.9 Å². The quantitative estimate of drug-likeness (QED) is 0.742. The Morgan fingerprint density at radius 1 is 1.28 bits per heavy atom. The van der Waals surface area contributed by atoms with Gasteiger partial charge >= 0.3 is 0 Å². The zero-order valence-corrected chi connectivity index (χ0v) is 14.1. The van der Waals surface area contributed by atoms with Gasteiger partial charge in [0.25, 0.3) is 5.91 Å². The third-order valence-electron chi connectivity index (χ3n) is 3.95. The Hall–Kier alpha value is -3.03. The van der Waals surface area contributed by atoms with Crippen LogP contribution in [0.25, 0.3) is 22.2 Å². The summed E-state index contributed by atoms with van der Waals surface area (Å²) in [6, 6.07) is 2.87. The van der Waals surface area contributed by atoms with E-state index < -0.39 is 5.82 Å². The SMILES string of the molecule is CCCNC(=O)c1ncc2c(-c3ncnn3CC)c(F)ccc2c1N. The predicted molar refractivity (Wildman–Crippen MR) is 93.4 cm³/mol. The number of carbonyl (C=O) groups is 1. The Morgan fingerprint density at radius 3 is 2.80 bits per heavy atom. The Morgan fingerprint density at radius 2 is 2.08 bits per heavy atom. The number of fused-ring (bicyclic) bond motifs is 1. The lowest BCUT2D eigenvalue weighted by Crippen LogP contribution is -2.26. The molecule has 0 spiro atoms. The van der Waals surface area contributed by atoms with Gasteiger partial charge in [-0.3, -0.25) is 4.79 Å². The van der Waals surface area contributed by atoms with Crippen LogP contribution in [0.1, 0.15) is 30.8 Å². The number of hydrogen-bond donors (Lipinski definition) is 2. The molecule has 7 nitrogen and oxygen atoms in total. The van der Waals surface area contributed by atoms with E-state index in [4.69, 9.17) is 5.73 Å². The Kier molecular flexibility index (Phi) is 4.60. The smallest absolute Gasteiger partial charge is 0.272 e. The first-order chi connectivity index (χ1) is 12.1. The third kappa shape index (κ3) is 2.90. The summed E-state index contributed by atoms with van der Waals surface area (Å²) in [5.74, 6) is -0.390. The van der Waals surface area contributed by atoms with Gasteiger partial charge in [-0.05, 0) is 25.5 Å². The van der Waals surface area contributed by atoms with Crippen LogP contribution in [0.5, 0.6) is 0 Å². The molecule has 0 bridgehead atoms. The molecule has 3 rings (SSSR count). The number of nitrogens with two attached hydrogens (primary N) is 1. The minimum Gasteiger partial charge on any atom is -0.396 e. The summed E-state index contributed by atoms with van der Waals surface area (Å²) in [7, 11) is 0. The van der Waals surface area contributed by atoms with Gasteiger partial charge in [-0.1, -0.05) is 6.92 Å². The predicted octanol–water partition coefficient (Wildman–Crippen LogP) is 2.37. The van der Waals surface area contributed by atoms with E-state index >= 15 is 0 Å². The van der Waals surface area contributed by atoms with E-state index in [1.54, 1.807) is 10.7 Å². The van der Waals surface area contributed by atoms with Crippen molar-refractivity contribution in [1.29, 1.82) is 0 Å². The van der Waals surface area contributed by atoms with E-state index in [0.717, 1.165) is 6.42 Å². The largest absolute Gasteiger partial charge is 0.396 e. The van der Waals surface area contributed by atoms with Crippen molar-refractivity contribution >= 4 is 22.4 Å². The minimum absolute atomic E-state index is 0.135. The molecule has 0 atom stereocenters. The van der Waals surface area contributed by atoms with Crippen LogP contribution in [0.2, 0.25) is 0 Å². The number of nitrogens with one attached hydrogen (secondary N) is 1. The summed E-state index contributed by atoms with van der Waals surface area (Å²) < 4.78 is 16.1. The summed E-state index contributed by atoms with van der Waals surface area (Å²) in [6.07, 6.45) is 3.64. The number of rotatable bonds is 5. The number of pyridine rings is 1. The van der Waals surface area contributed by atoms with Gasteiger partial charge in [0, 0.05) is 30.1 Å². The molecule has 0 saturated carbocycles. The molecular formula is C17H19FN6O. The highest BCUT2D eigenvalue weighted by Gasteiger charge is 2.20. The number of hydrogen-bond acceptors (Lipinski definition) is 5. The Balaban J connectivity index is 2.19. The fourth-order valence-corrected chi connectivity index (χ4v) is 2.71. The van der Waals surface area contributed by atoms with Crippen molar-refractivity contribution in [2.24, 2.45) is 0 Å². The van der Waals surface area contributed by atoms with Gasteiger partial charge in [0.05, 0.1) is 11.3 Å². The first-order valence-electron chi connectivity index (χ1n) is 8.11. The molecule has 1 aromatic carbocycles. The summed E-state index contributed by atoms with van der Waals surface area (Å²) in [5, 5.41) is 7.88. The van der Waals surface area contributed by atoms with E-state index in [1.165, 1.54) is 18.6 Å². The van der Waals surface area contributed by atoms with Crippen molar-refractivity contribution in [3.8, 4) is 11.4 Å². The van der Waals surface area contributed by atoms with Crippen molar-refractivity contribution in [2.75, 3.05) is 12.3 Å². The molecule has 3 aromatic rings. The molecule has 8 heteroatoms. The number of nitrogens with zero attached hydrogens (tertiary/aromatic N) is 4. The fraction of sp³-hybridized carbons (Fsp3) is 0.294. The second-order valence-corrected chi connectivity index (χ2v) is 5.56. The molecule has 0 aliphatic carbocycles. The number of benzene rings is 1. The number of amides is 1. The lowest BCUT2D eigenvalue weighted by Gasteiger charge is -2.12. The molecule has 3 N–H and O–H groups in total. The summed E-state index contributed by atoms with van der Waals surface area (Å²) in [4.78, 5) is 20.5.